The predicted molar refractivity (Wildman–Crippen MR) is 62.1 cm³/mol. The summed E-state index contributed by atoms with van der Waals surface area (Å²) in [5, 5.41) is 3.12. The first-order chi connectivity index (χ1) is 7.27. The molecule has 0 aliphatic heterocycles. The van der Waals surface area contributed by atoms with Crippen LogP contribution in [-0.2, 0) is 6.42 Å². The average Bonchev–Trinajstić information content (AvgIpc) is 2.67. The van der Waals surface area contributed by atoms with Crippen molar-refractivity contribution in [3.8, 4) is 0 Å². The Hall–Kier alpha value is -0.830. The largest absolute Gasteiger partial charge is 0.445 e. The minimum Gasteiger partial charge on any atom is -0.445 e. The van der Waals surface area contributed by atoms with Gasteiger partial charge in [-0.2, -0.15) is 0 Å². The van der Waals surface area contributed by atoms with E-state index in [1.165, 1.54) is 12.8 Å². The molecule has 1 N–H and O–H groups in total. The SMILES string of the molecule is CCCC(C)c1cnc(CCCNC)o1. The monoisotopic (exact) mass is 210 g/mol. The summed E-state index contributed by atoms with van der Waals surface area (Å²) in [4.78, 5) is 4.30. The van der Waals surface area contributed by atoms with Crippen LogP contribution in [0.1, 0.15) is 50.7 Å². The molecule has 0 amide bonds. The molecule has 1 heterocycles. The lowest BCUT2D eigenvalue weighted by Crippen LogP contribution is -2.08. The van der Waals surface area contributed by atoms with E-state index in [0.29, 0.717) is 5.92 Å². The van der Waals surface area contributed by atoms with Gasteiger partial charge in [-0.25, -0.2) is 4.98 Å². The summed E-state index contributed by atoms with van der Waals surface area (Å²) >= 11 is 0. The number of rotatable bonds is 7. The molecule has 0 bridgehead atoms. The van der Waals surface area contributed by atoms with Crippen molar-refractivity contribution in [2.75, 3.05) is 13.6 Å². The summed E-state index contributed by atoms with van der Waals surface area (Å²) in [7, 11) is 1.96. The second-order valence-electron chi connectivity index (χ2n) is 4.05. The minimum atomic E-state index is 0.501. The standard InChI is InChI=1S/C12H22N2O/c1-4-6-10(2)11-9-14-12(15-11)7-5-8-13-3/h9-10,13H,4-8H2,1-3H3. The Balaban J connectivity index is 2.41. The van der Waals surface area contributed by atoms with Crippen LogP contribution in [0.25, 0.3) is 0 Å². The van der Waals surface area contributed by atoms with Gasteiger partial charge in [0.15, 0.2) is 5.89 Å². The Morgan fingerprint density at radius 3 is 3.00 bits per heavy atom. The second kappa shape index (κ2) is 6.62. The molecule has 3 heteroatoms. The molecular formula is C12H22N2O. The molecule has 0 aliphatic carbocycles. The third-order valence-corrected chi connectivity index (χ3v) is 2.60. The third kappa shape index (κ3) is 4.04. The Kier molecular flexibility index (Phi) is 5.40. The van der Waals surface area contributed by atoms with Gasteiger partial charge in [-0.1, -0.05) is 20.3 Å². The van der Waals surface area contributed by atoms with Crippen molar-refractivity contribution in [2.24, 2.45) is 0 Å². The predicted octanol–water partition coefficient (Wildman–Crippen LogP) is 2.73. The van der Waals surface area contributed by atoms with Crippen LogP contribution in [0.5, 0.6) is 0 Å². The van der Waals surface area contributed by atoms with Crippen molar-refractivity contribution in [3.63, 3.8) is 0 Å². The fourth-order valence-corrected chi connectivity index (χ4v) is 1.66. The number of aromatic nitrogens is 1. The van der Waals surface area contributed by atoms with Gasteiger partial charge in [-0.15, -0.1) is 0 Å². The summed E-state index contributed by atoms with van der Waals surface area (Å²) in [6, 6.07) is 0. The molecule has 0 fully saturated rings. The molecule has 86 valence electrons. The molecule has 15 heavy (non-hydrogen) atoms. The van der Waals surface area contributed by atoms with Gasteiger partial charge in [0, 0.05) is 12.3 Å². The van der Waals surface area contributed by atoms with E-state index in [1.54, 1.807) is 0 Å². The molecule has 0 saturated carbocycles. The normalized spacial score (nSPS) is 13.0. The summed E-state index contributed by atoms with van der Waals surface area (Å²) < 4.78 is 5.71. The molecule has 0 aromatic carbocycles. The van der Waals surface area contributed by atoms with Gasteiger partial charge in [0.1, 0.15) is 5.76 Å². The Labute approximate surface area is 92.3 Å². The summed E-state index contributed by atoms with van der Waals surface area (Å²) in [5.41, 5.74) is 0. The van der Waals surface area contributed by atoms with Crippen LogP contribution < -0.4 is 5.32 Å². The van der Waals surface area contributed by atoms with Crippen LogP contribution in [0.3, 0.4) is 0 Å². The zero-order valence-electron chi connectivity index (χ0n) is 10.0. The van der Waals surface area contributed by atoms with Gasteiger partial charge in [0.05, 0.1) is 6.20 Å². The van der Waals surface area contributed by atoms with E-state index in [9.17, 15) is 0 Å². The van der Waals surface area contributed by atoms with E-state index in [-0.39, 0.29) is 0 Å². The van der Waals surface area contributed by atoms with Gasteiger partial charge < -0.3 is 9.73 Å². The fraction of sp³-hybridized carbons (Fsp3) is 0.750. The summed E-state index contributed by atoms with van der Waals surface area (Å²) in [5.74, 6) is 2.42. The highest BCUT2D eigenvalue weighted by molar-refractivity contribution is 5.00. The van der Waals surface area contributed by atoms with Crippen molar-refractivity contribution < 1.29 is 4.42 Å². The van der Waals surface area contributed by atoms with Crippen molar-refractivity contribution in [1.82, 2.24) is 10.3 Å². The Morgan fingerprint density at radius 2 is 2.33 bits per heavy atom. The number of oxazole rings is 1. The Morgan fingerprint density at radius 1 is 1.53 bits per heavy atom. The number of nitrogens with zero attached hydrogens (tertiary/aromatic N) is 1. The molecule has 1 aromatic rings. The van der Waals surface area contributed by atoms with Crippen LogP contribution in [0.2, 0.25) is 0 Å². The third-order valence-electron chi connectivity index (χ3n) is 2.60. The lowest BCUT2D eigenvalue weighted by atomic mass is 10.0. The minimum absolute atomic E-state index is 0.501. The van der Waals surface area contributed by atoms with Crippen molar-refractivity contribution >= 4 is 0 Å². The van der Waals surface area contributed by atoms with E-state index in [2.05, 4.69) is 24.1 Å². The number of hydrogen-bond donors (Lipinski definition) is 1. The van der Waals surface area contributed by atoms with Crippen molar-refractivity contribution in [2.45, 2.75) is 45.4 Å². The highest BCUT2D eigenvalue weighted by Gasteiger charge is 2.10. The van der Waals surface area contributed by atoms with Crippen molar-refractivity contribution in [3.05, 3.63) is 17.8 Å². The lowest BCUT2D eigenvalue weighted by molar-refractivity contribution is 0.417. The first-order valence-corrected chi connectivity index (χ1v) is 5.87. The smallest absolute Gasteiger partial charge is 0.194 e. The molecule has 0 aliphatic rings. The van der Waals surface area contributed by atoms with Gasteiger partial charge in [-0.3, -0.25) is 0 Å². The first kappa shape index (κ1) is 12.2. The van der Waals surface area contributed by atoms with E-state index in [1.807, 2.05) is 13.2 Å². The Bertz CT molecular complexity index is 270. The zero-order valence-corrected chi connectivity index (χ0v) is 10.0. The molecule has 0 saturated heterocycles. The van der Waals surface area contributed by atoms with E-state index < -0.39 is 0 Å². The first-order valence-electron chi connectivity index (χ1n) is 5.87. The lowest BCUT2D eigenvalue weighted by Gasteiger charge is -2.04. The fourth-order valence-electron chi connectivity index (χ4n) is 1.66. The van der Waals surface area contributed by atoms with Crippen LogP contribution in [0.15, 0.2) is 10.6 Å². The van der Waals surface area contributed by atoms with Gasteiger partial charge in [0.2, 0.25) is 0 Å². The molecule has 1 rings (SSSR count). The highest BCUT2D eigenvalue weighted by atomic mass is 16.4. The quantitative estimate of drug-likeness (QED) is 0.703. The van der Waals surface area contributed by atoms with E-state index >= 15 is 0 Å². The topological polar surface area (TPSA) is 38.1 Å². The van der Waals surface area contributed by atoms with Crippen LogP contribution in [0, 0.1) is 0 Å². The molecular weight excluding hydrogens is 188 g/mol. The van der Waals surface area contributed by atoms with Crippen LogP contribution in [0.4, 0.5) is 0 Å². The van der Waals surface area contributed by atoms with Gasteiger partial charge in [-0.05, 0) is 26.4 Å². The molecule has 0 radical (unpaired) electrons. The van der Waals surface area contributed by atoms with E-state index in [0.717, 1.165) is 31.0 Å². The second-order valence-corrected chi connectivity index (χ2v) is 4.05. The molecule has 0 spiro atoms. The zero-order chi connectivity index (χ0) is 11.1. The van der Waals surface area contributed by atoms with Crippen molar-refractivity contribution in [1.29, 1.82) is 0 Å². The number of hydrogen-bond acceptors (Lipinski definition) is 3. The molecule has 1 atom stereocenters. The maximum atomic E-state index is 5.71. The summed E-state index contributed by atoms with van der Waals surface area (Å²) in [6.45, 7) is 5.41. The number of aryl methyl sites for hydroxylation is 1. The van der Waals surface area contributed by atoms with E-state index in [4.69, 9.17) is 4.42 Å². The highest BCUT2D eigenvalue weighted by Crippen LogP contribution is 2.21. The maximum absolute atomic E-state index is 5.71. The summed E-state index contributed by atoms with van der Waals surface area (Å²) in [6.07, 6.45) is 6.26. The molecule has 1 unspecified atom stereocenters. The van der Waals surface area contributed by atoms with Crippen LogP contribution in [-0.4, -0.2) is 18.6 Å². The van der Waals surface area contributed by atoms with Gasteiger partial charge >= 0.3 is 0 Å². The van der Waals surface area contributed by atoms with Crippen LogP contribution >= 0.6 is 0 Å². The maximum Gasteiger partial charge on any atom is 0.194 e. The average molecular weight is 210 g/mol. The van der Waals surface area contributed by atoms with Gasteiger partial charge in [0.25, 0.3) is 0 Å². The molecule has 1 aromatic heterocycles. The number of nitrogens with one attached hydrogen (secondary N) is 1. The molecule has 3 nitrogen and oxygen atoms in total.